The summed E-state index contributed by atoms with van der Waals surface area (Å²) < 4.78 is 2.26. The van der Waals surface area contributed by atoms with Gasteiger partial charge in [0.2, 0.25) is 5.69 Å². The molecule has 1 heterocycles. The predicted molar refractivity (Wildman–Crippen MR) is 121 cm³/mol. The monoisotopic (exact) mass is 372 g/mol. The molecule has 0 aliphatic rings. The van der Waals surface area contributed by atoms with Crippen molar-refractivity contribution in [3.8, 4) is 22.4 Å². The lowest BCUT2D eigenvalue weighted by atomic mass is 9.84. The van der Waals surface area contributed by atoms with Crippen LogP contribution < -0.4 is 4.57 Å². The zero-order valence-electron chi connectivity index (χ0n) is 18.7. The van der Waals surface area contributed by atoms with Crippen molar-refractivity contribution >= 4 is 0 Å². The molecule has 3 aromatic rings. The molecular formula is C27H34N+. The topological polar surface area (TPSA) is 3.88 Å². The molecule has 0 spiro atoms. The van der Waals surface area contributed by atoms with Crippen LogP contribution in [-0.2, 0) is 17.9 Å². The normalized spacial score (nSPS) is 12.3. The molecule has 3 rings (SSSR count). The van der Waals surface area contributed by atoms with Gasteiger partial charge in [0.25, 0.3) is 0 Å². The van der Waals surface area contributed by atoms with Gasteiger partial charge in [-0.1, -0.05) is 77.9 Å². The molecule has 0 aliphatic heterocycles. The van der Waals surface area contributed by atoms with Crippen LogP contribution in [0.5, 0.6) is 0 Å². The van der Waals surface area contributed by atoms with E-state index < -0.39 is 0 Å². The molecule has 1 heteroatoms. The van der Waals surface area contributed by atoms with E-state index in [1.54, 1.807) is 0 Å². The van der Waals surface area contributed by atoms with Crippen molar-refractivity contribution in [2.75, 3.05) is 0 Å². The Labute approximate surface area is 171 Å². The molecule has 1 aromatic heterocycles. The summed E-state index contributed by atoms with van der Waals surface area (Å²) in [6, 6.07) is 20.3. The van der Waals surface area contributed by atoms with Gasteiger partial charge in [-0.25, -0.2) is 4.57 Å². The van der Waals surface area contributed by atoms with Gasteiger partial charge in [0.15, 0.2) is 6.20 Å². The second-order valence-corrected chi connectivity index (χ2v) is 10.0. The molecule has 28 heavy (non-hydrogen) atoms. The highest BCUT2D eigenvalue weighted by Crippen LogP contribution is 2.31. The molecule has 0 atom stereocenters. The van der Waals surface area contributed by atoms with Gasteiger partial charge in [-0.3, -0.25) is 0 Å². The number of nitrogens with zero attached hydrogens (tertiary/aromatic N) is 1. The summed E-state index contributed by atoms with van der Waals surface area (Å²) in [5.41, 5.74) is 9.43. The van der Waals surface area contributed by atoms with E-state index in [1.807, 2.05) is 0 Å². The van der Waals surface area contributed by atoms with Crippen LogP contribution in [0.1, 0.15) is 58.2 Å². The van der Waals surface area contributed by atoms with Crippen molar-refractivity contribution in [3.05, 3.63) is 77.5 Å². The van der Waals surface area contributed by atoms with Gasteiger partial charge < -0.3 is 0 Å². The van der Waals surface area contributed by atoms with Gasteiger partial charge >= 0.3 is 0 Å². The Morgan fingerprint density at radius 2 is 1.32 bits per heavy atom. The molecule has 0 radical (unpaired) electrons. The zero-order valence-corrected chi connectivity index (χ0v) is 18.7. The van der Waals surface area contributed by atoms with Crippen LogP contribution in [0, 0.1) is 6.92 Å². The fourth-order valence-electron chi connectivity index (χ4n) is 3.59. The molecule has 0 bridgehead atoms. The molecule has 0 fully saturated rings. The van der Waals surface area contributed by atoms with Gasteiger partial charge in [-0.2, -0.15) is 0 Å². The summed E-state index contributed by atoms with van der Waals surface area (Å²) in [6.07, 6.45) is 2.25. The fraction of sp³-hybridized carbons (Fsp3) is 0.370. The third-order valence-electron chi connectivity index (χ3n) is 5.57. The Balaban J connectivity index is 2.05. The van der Waals surface area contributed by atoms with Crippen LogP contribution >= 0.6 is 0 Å². The first-order valence-electron chi connectivity index (χ1n) is 10.2. The van der Waals surface area contributed by atoms with Gasteiger partial charge in [0.05, 0.1) is 0 Å². The average Bonchev–Trinajstić information content (AvgIpc) is 2.61. The van der Waals surface area contributed by atoms with Crippen LogP contribution in [0.3, 0.4) is 0 Å². The lowest BCUT2D eigenvalue weighted by Gasteiger charge is -2.20. The fourth-order valence-corrected chi connectivity index (χ4v) is 3.59. The van der Waals surface area contributed by atoms with Crippen LogP contribution in [0.4, 0.5) is 0 Å². The number of aryl methyl sites for hydroxylation is 2. The first-order chi connectivity index (χ1) is 13.0. The molecule has 1 nitrogen and oxygen atoms in total. The van der Waals surface area contributed by atoms with E-state index in [9.17, 15) is 0 Å². The molecule has 0 saturated carbocycles. The summed E-state index contributed by atoms with van der Waals surface area (Å²) in [4.78, 5) is 0. The summed E-state index contributed by atoms with van der Waals surface area (Å²) in [5.74, 6) is 0. The maximum absolute atomic E-state index is 2.35. The van der Waals surface area contributed by atoms with Gasteiger partial charge in [-0.15, -0.1) is 0 Å². The third kappa shape index (κ3) is 4.19. The third-order valence-corrected chi connectivity index (χ3v) is 5.57. The van der Waals surface area contributed by atoms with Crippen LogP contribution in [0.15, 0.2) is 60.8 Å². The summed E-state index contributed by atoms with van der Waals surface area (Å²) in [7, 11) is 2.15. The van der Waals surface area contributed by atoms with E-state index in [-0.39, 0.29) is 10.8 Å². The molecule has 0 aliphatic carbocycles. The zero-order chi connectivity index (χ0) is 20.7. The number of hydrogen-bond acceptors (Lipinski definition) is 0. The highest BCUT2D eigenvalue weighted by Gasteiger charge is 2.20. The van der Waals surface area contributed by atoms with E-state index >= 15 is 0 Å². The van der Waals surface area contributed by atoms with Crippen molar-refractivity contribution in [3.63, 3.8) is 0 Å². The maximum Gasteiger partial charge on any atom is 0.212 e. The number of rotatable bonds is 2. The van der Waals surface area contributed by atoms with E-state index in [4.69, 9.17) is 0 Å². The minimum absolute atomic E-state index is 0.147. The number of hydrogen-bond donors (Lipinski definition) is 0. The minimum atomic E-state index is 0.147. The Hall–Kier alpha value is -2.41. The number of pyridine rings is 1. The van der Waals surface area contributed by atoms with E-state index in [0.29, 0.717) is 0 Å². The number of aromatic nitrogens is 1. The Kier molecular flexibility index (Phi) is 5.23. The molecule has 0 saturated heterocycles. The molecule has 0 amide bonds. The quantitative estimate of drug-likeness (QED) is 0.438. The van der Waals surface area contributed by atoms with Gasteiger partial charge in [0.1, 0.15) is 7.05 Å². The maximum atomic E-state index is 2.35. The number of benzene rings is 2. The second-order valence-electron chi connectivity index (χ2n) is 10.0. The van der Waals surface area contributed by atoms with E-state index in [1.165, 1.54) is 39.1 Å². The van der Waals surface area contributed by atoms with E-state index in [2.05, 4.69) is 121 Å². The molecule has 0 N–H and O–H groups in total. The van der Waals surface area contributed by atoms with Crippen molar-refractivity contribution in [2.24, 2.45) is 7.05 Å². The van der Waals surface area contributed by atoms with E-state index in [0.717, 1.165) is 0 Å². The van der Waals surface area contributed by atoms with Crippen LogP contribution in [-0.4, -0.2) is 0 Å². The minimum Gasteiger partial charge on any atom is -0.200 e. The van der Waals surface area contributed by atoms with Gasteiger partial charge in [-0.05, 0) is 52.1 Å². The predicted octanol–water partition coefficient (Wildman–Crippen LogP) is 6.75. The SMILES string of the molecule is Cc1ccc(C(C)(C)C)cc1-c1ccc(-c2cccc(C(C)(C)C)c2)c[n+]1C. The summed E-state index contributed by atoms with van der Waals surface area (Å²) in [6.45, 7) is 15.8. The standard InChI is InChI=1S/C27H34N/c1-19-12-14-23(27(5,6)7)17-24(19)25-15-13-21(18-28(25)8)20-10-9-11-22(16-20)26(2,3)4/h9-18H,1-8H3/q+1. The Morgan fingerprint density at radius 3 is 1.93 bits per heavy atom. The Bertz CT molecular complexity index is 998. The molecule has 0 unspecified atom stereocenters. The average molecular weight is 373 g/mol. The lowest BCUT2D eigenvalue weighted by Crippen LogP contribution is -2.31. The van der Waals surface area contributed by atoms with Crippen molar-refractivity contribution in [2.45, 2.75) is 59.3 Å². The van der Waals surface area contributed by atoms with Crippen LogP contribution in [0.25, 0.3) is 22.4 Å². The molecule has 2 aromatic carbocycles. The first kappa shape index (κ1) is 20.3. The van der Waals surface area contributed by atoms with Crippen LogP contribution in [0.2, 0.25) is 0 Å². The van der Waals surface area contributed by atoms with Crippen molar-refractivity contribution < 1.29 is 4.57 Å². The molecular weight excluding hydrogens is 338 g/mol. The first-order valence-corrected chi connectivity index (χ1v) is 10.2. The highest BCUT2D eigenvalue weighted by atomic mass is 14.9. The second kappa shape index (κ2) is 7.20. The summed E-state index contributed by atoms with van der Waals surface area (Å²) >= 11 is 0. The smallest absolute Gasteiger partial charge is 0.200 e. The molecule has 146 valence electrons. The van der Waals surface area contributed by atoms with Crippen molar-refractivity contribution in [1.82, 2.24) is 0 Å². The largest absolute Gasteiger partial charge is 0.212 e. The Morgan fingerprint density at radius 1 is 0.679 bits per heavy atom. The van der Waals surface area contributed by atoms with Crippen molar-refractivity contribution in [1.29, 1.82) is 0 Å². The summed E-state index contributed by atoms with van der Waals surface area (Å²) in [5, 5.41) is 0. The highest BCUT2D eigenvalue weighted by molar-refractivity contribution is 5.67. The lowest BCUT2D eigenvalue weighted by molar-refractivity contribution is -0.659. The van der Waals surface area contributed by atoms with Gasteiger partial charge in [0, 0.05) is 17.2 Å².